The van der Waals surface area contributed by atoms with Crippen molar-refractivity contribution in [2.24, 2.45) is 0 Å². The van der Waals surface area contributed by atoms with Gasteiger partial charge in [0.2, 0.25) is 11.8 Å². The zero-order valence-electron chi connectivity index (χ0n) is 14.4. The molecule has 134 valence electrons. The summed E-state index contributed by atoms with van der Waals surface area (Å²) in [5, 5.41) is 9.48. The van der Waals surface area contributed by atoms with E-state index >= 15 is 0 Å². The number of benzene rings is 1. The van der Waals surface area contributed by atoms with Crippen molar-refractivity contribution >= 4 is 23.5 Å². The first-order valence-electron chi connectivity index (χ1n) is 7.97. The van der Waals surface area contributed by atoms with E-state index in [1.165, 1.54) is 6.92 Å². The Balaban J connectivity index is 1.80. The van der Waals surface area contributed by atoms with E-state index in [1.54, 1.807) is 17.8 Å². The van der Waals surface area contributed by atoms with E-state index in [1.807, 2.05) is 30.3 Å². The number of hydrogen-bond acceptors (Lipinski definition) is 6. The monoisotopic (exact) mass is 354 g/mol. The molecule has 3 rings (SSSR count). The quantitative estimate of drug-likeness (QED) is 0.690. The minimum Gasteiger partial charge on any atom is -0.497 e. The predicted molar refractivity (Wildman–Crippen MR) is 94.7 cm³/mol. The molecule has 2 amide bonds. The standard InChI is InChI=1S/C17H18N6O3/c1-11(24)18-10-8-15(25)20-16-21-17-19-9-7-14(23(17)22-16)12-3-5-13(26-2)6-4-12/h3-7,9H,8,10H2,1-2H3,(H,18,24)(H,20,22,25). The molecule has 3 aromatic rings. The summed E-state index contributed by atoms with van der Waals surface area (Å²) < 4.78 is 6.73. The number of nitrogens with one attached hydrogen (secondary N) is 2. The lowest BCUT2D eigenvalue weighted by molar-refractivity contribution is -0.119. The van der Waals surface area contributed by atoms with Crippen LogP contribution in [0.3, 0.4) is 0 Å². The number of carbonyl (C=O) groups is 2. The zero-order valence-corrected chi connectivity index (χ0v) is 14.4. The van der Waals surface area contributed by atoms with Crippen LogP contribution in [0.25, 0.3) is 17.0 Å². The van der Waals surface area contributed by atoms with Gasteiger partial charge in [0.05, 0.1) is 12.8 Å². The first-order chi connectivity index (χ1) is 12.6. The number of methoxy groups -OCH3 is 1. The maximum atomic E-state index is 11.9. The Morgan fingerprint density at radius 3 is 2.65 bits per heavy atom. The number of ether oxygens (including phenoxy) is 1. The summed E-state index contributed by atoms with van der Waals surface area (Å²) in [5.74, 6) is 0.809. The lowest BCUT2D eigenvalue weighted by Gasteiger charge is -2.05. The number of anilines is 1. The molecule has 2 heterocycles. The average molecular weight is 354 g/mol. The molecule has 0 atom stereocenters. The van der Waals surface area contributed by atoms with Crippen LogP contribution in [0.15, 0.2) is 36.5 Å². The predicted octanol–water partition coefficient (Wildman–Crippen LogP) is 1.26. The molecule has 0 unspecified atom stereocenters. The van der Waals surface area contributed by atoms with Crippen molar-refractivity contribution in [1.82, 2.24) is 24.9 Å². The van der Waals surface area contributed by atoms with Gasteiger partial charge < -0.3 is 10.1 Å². The van der Waals surface area contributed by atoms with Gasteiger partial charge in [-0.2, -0.15) is 9.50 Å². The molecular weight excluding hydrogens is 336 g/mol. The molecule has 26 heavy (non-hydrogen) atoms. The van der Waals surface area contributed by atoms with Crippen molar-refractivity contribution < 1.29 is 14.3 Å². The normalized spacial score (nSPS) is 10.5. The Kier molecular flexibility index (Phi) is 5.07. The molecule has 0 bridgehead atoms. The Bertz CT molecular complexity index is 935. The van der Waals surface area contributed by atoms with E-state index in [-0.39, 0.29) is 30.7 Å². The largest absolute Gasteiger partial charge is 0.497 e. The highest BCUT2D eigenvalue weighted by molar-refractivity contribution is 5.89. The minimum atomic E-state index is -0.291. The van der Waals surface area contributed by atoms with Gasteiger partial charge in [0.25, 0.3) is 11.7 Å². The summed E-state index contributed by atoms with van der Waals surface area (Å²) >= 11 is 0. The molecule has 2 aromatic heterocycles. The summed E-state index contributed by atoms with van der Waals surface area (Å²) in [7, 11) is 1.61. The summed E-state index contributed by atoms with van der Waals surface area (Å²) in [6, 6.07) is 9.32. The first kappa shape index (κ1) is 17.3. The Hall–Kier alpha value is -3.49. The third kappa shape index (κ3) is 3.94. The van der Waals surface area contributed by atoms with E-state index in [9.17, 15) is 9.59 Å². The van der Waals surface area contributed by atoms with Gasteiger partial charge in [-0.1, -0.05) is 0 Å². The summed E-state index contributed by atoms with van der Waals surface area (Å²) in [5.41, 5.74) is 1.69. The molecule has 0 aliphatic heterocycles. The van der Waals surface area contributed by atoms with Gasteiger partial charge >= 0.3 is 0 Å². The highest BCUT2D eigenvalue weighted by Gasteiger charge is 2.12. The van der Waals surface area contributed by atoms with Crippen LogP contribution < -0.4 is 15.4 Å². The maximum absolute atomic E-state index is 11.9. The van der Waals surface area contributed by atoms with E-state index in [0.29, 0.717) is 5.78 Å². The van der Waals surface area contributed by atoms with Crippen LogP contribution in [0.1, 0.15) is 13.3 Å². The van der Waals surface area contributed by atoms with Crippen LogP contribution in [0, 0.1) is 0 Å². The highest BCUT2D eigenvalue weighted by Crippen LogP contribution is 2.22. The molecular formula is C17H18N6O3. The fourth-order valence-electron chi connectivity index (χ4n) is 2.37. The Morgan fingerprint density at radius 1 is 1.19 bits per heavy atom. The maximum Gasteiger partial charge on any atom is 0.254 e. The molecule has 9 heteroatoms. The molecule has 0 fully saturated rings. The fourth-order valence-corrected chi connectivity index (χ4v) is 2.37. The number of amides is 2. The summed E-state index contributed by atoms with van der Waals surface area (Å²) in [6.45, 7) is 1.65. The van der Waals surface area contributed by atoms with E-state index < -0.39 is 0 Å². The lowest BCUT2D eigenvalue weighted by Crippen LogP contribution is -2.25. The molecule has 0 saturated heterocycles. The number of rotatable bonds is 6. The van der Waals surface area contributed by atoms with Crippen molar-refractivity contribution in [3.05, 3.63) is 36.5 Å². The van der Waals surface area contributed by atoms with Crippen molar-refractivity contribution in [3.63, 3.8) is 0 Å². The first-order valence-corrected chi connectivity index (χ1v) is 7.97. The second kappa shape index (κ2) is 7.60. The third-order valence-electron chi connectivity index (χ3n) is 3.60. The number of aromatic nitrogens is 4. The SMILES string of the molecule is COc1ccc(-c2ccnc3nc(NC(=O)CCNC(C)=O)nn23)cc1. The van der Waals surface area contributed by atoms with Crippen LogP contribution >= 0.6 is 0 Å². The second-order valence-corrected chi connectivity index (χ2v) is 5.49. The summed E-state index contributed by atoms with van der Waals surface area (Å²) in [6.07, 6.45) is 1.76. The number of nitrogens with zero attached hydrogens (tertiary/aromatic N) is 4. The van der Waals surface area contributed by atoms with Gasteiger partial charge in [0, 0.05) is 31.6 Å². The minimum absolute atomic E-state index is 0.133. The molecule has 0 aliphatic carbocycles. The van der Waals surface area contributed by atoms with Gasteiger partial charge in [-0.25, -0.2) is 4.98 Å². The van der Waals surface area contributed by atoms with Gasteiger partial charge in [0.1, 0.15) is 5.75 Å². The zero-order chi connectivity index (χ0) is 18.5. The molecule has 1 aromatic carbocycles. The molecule has 0 saturated carbocycles. The van der Waals surface area contributed by atoms with Gasteiger partial charge in [-0.05, 0) is 30.3 Å². The molecule has 0 aliphatic rings. The van der Waals surface area contributed by atoms with E-state index in [4.69, 9.17) is 4.74 Å². The second-order valence-electron chi connectivity index (χ2n) is 5.49. The lowest BCUT2D eigenvalue weighted by atomic mass is 10.1. The topological polar surface area (TPSA) is 111 Å². The number of carbonyl (C=O) groups excluding carboxylic acids is 2. The highest BCUT2D eigenvalue weighted by atomic mass is 16.5. The van der Waals surface area contributed by atoms with Crippen LogP contribution in [0.5, 0.6) is 5.75 Å². The van der Waals surface area contributed by atoms with Gasteiger partial charge in [-0.3, -0.25) is 14.9 Å². The molecule has 9 nitrogen and oxygen atoms in total. The van der Waals surface area contributed by atoms with Crippen LogP contribution in [0.4, 0.5) is 5.95 Å². The Labute approximate surface area is 149 Å². The molecule has 0 radical (unpaired) electrons. The summed E-state index contributed by atoms with van der Waals surface area (Å²) in [4.78, 5) is 31.1. The molecule has 0 spiro atoms. The van der Waals surface area contributed by atoms with Crippen molar-refractivity contribution in [2.75, 3.05) is 19.0 Å². The smallest absolute Gasteiger partial charge is 0.254 e. The molecule has 2 N–H and O–H groups in total. The Morgan fingerprint density at radius 2 is 1.96 bits per heavy atom. The van der Waals surface area contributed by atoms with Gasteiger partial charge in [-0.15, -0.1) is 5.10 Å². The van der Waals surface area contributed by atoms with Crippen LogP contribution in [-0.4, -0.2) is 45.1 Å². The van der Waals surface area contributed by atoms with Crippen LogP contribution in [-0.2, 0) is 9.59 Å². The van der Waals surface area contributed by atoms with E-state index in [0.717, 1.165) is 17.0 Å². The van der Waals surface area contributed by atoms with Crippen LogP contribution in [0.2, 0.25) is 0 Å². The average Bonchev–Trinajstić information content (AvgIpc) is 3.03. The van der Waals surface area contributed by atoms with Crippen molar-refractivity contribution in [1.29, 1.82) is 0 Å². The third-order valence-corrected chi connectivity index (χ3v) is 3.60. The fraction of sp³-hybridized carbons (Fsp3) is 0.235. The van der Waals surface area contributed by atoms with Gasteiger partial charge in [0.15, 0.2) is 0 Å². The number of fused-ring (bicyclic) bond motifs is 1. The van der Waals surface area contributed by atoms with Crippen molar-refractivity contribution in [3.8, 4) is 17.0 Å². The number of hydrogen-bond donors (Lipinski definition) is 2. The van der Waals surface area contributed by atoms with Crippen molar-refractivity contribution in [2.45, 2.75) is 13.3 Å². The van der Waals surface area contributed by atoms with E-state index in [2.05, 4.69) is 25.7 Å².